The number of rotatable bonds is 6. The summed E-state index contributed by atoms with van der Waals surface area (Å²) in [5.41, 5.74) is 2.75. The van der Waals surface area contributed by atoms with E-state index in [0.717, 1.165) is 61.4 Å². The topological polar surface area (TPSA) is 78.8 Å². The Kier molecular flexibility index (Phi) is 5.05. The quantitative estimate of drug-likeness (QED) is 0.830. The summed E-state index contributed by atoms with van der Waals surface area (Å²) >= 11 is 0. The first-order chi connectivity index (χ1) is 13.1. The van der Waals surface area contributed by atoms with Gasteiger partial charge in [-0.25, -0.2) is 4.79 Å². The number of hydrogen-bond acceptors (Lipinski definition) is 6. The highest BCUT2D eigenvalue weighted by molar-refractivity contribution is 5.69. The van der Waals surface area contributed by atoms with E-state index in [1.807, 2.05) is 18.2 Å². The van der Waals surface area contributed by atoms with Crippen molar-refractivity contribution in [1.29, 1.82) is 0 Å². The molecule has 0 saturated carbocycles. The summed E-state index contributed by atoms with van der Waals surface area (Å²) in [6, 6.07) is 5.78. The molecule has 2 aromatic rings. The van der Waals surface area contributed by atoms with Crippen molar-refractivity contribution in [3.8, 4) is 17.0 Å². The maximum absolute atomic E-state index is 10.9. The van der Waals surface area contributed by atoms with Gasteiger partial charge in [-0.3, -0.25) is 14.9 Å². The number of carbonyl (C=O) groups is 1. The zero-order chi connectivity index (χ0) is 18.8. The number of aliphatic carboxylic acids is 1. The maximum atomic E-state index is 10.9. The first-order valence-corrected chi connectivity index (χ1v) is 9.23. The number of nitrogens with zero attached hydrogens (tertiary/aromatic N) is 4. The van der Waals surface area contributed by atoms with Gasteiger partial charge in [0.15, 0.2) is 6.61 Å². The lowest BCUT2D eigenvalue weighted by molar-refractivity contribution is -0.139. The molecule has 1 N–H and O–H groups in total. The molecule has 2 saturated heterocycles. The Hall–Kier alpha value is -2.51. The van der Waals surface area contributed by atoms with Gasteiger partial charge < -0.3 is 14.7 Å². The SMILES string of the molecule is CN1C[C@@H]2CN(Cc3cc(-c4cnccn4)ccc3OCC(=O)O)C[C@@H]2C1. The smallest absolute Gasteiger partial charge is 0.341 e. The predicted molar refractivity (Wildman–Crippen MR) is 100 cm³/mol. The fourth-order valence-electron chi connectivity index (χ4n) is 4.29. The van der Waals surface area contributed by atoms with Gasteiger partial charge in [0.25, 0.3) is 0 Å². The fourth-order valence-corrected chi connectivity index (χ4v) is 4.29. The van der Waals surface area contributed by atoms with Crippen LogP contribution >= 0.6 is 0 Å². The summed E-state index contributed by atoms with van der Waals surface area (Å²) < 4.78 is 5.54. The molecule has 0 bridgehead atoms. The van der Waals surface area contributed by atoms with Gasteiger partial charge in [-0.05, 0) is 37.1 Å². The predicted octanol–water partition coefficient (Wildman–Crippen LogP) is 1.60. The average molecular weight is 368 g/mol. The molecule has 142 valence electrons. The summed E-state index contributed by atoms with van der Waals surface area (Å²) in [6.45, 7) is 4.87. The van der Waals surface area contributed by atoms with E-state index in [9.17, 15) is 4.79 Å². The van der Waals surface area contributed by atoms with Crippen LogP contribution in [0, 0.1) is 11.8 Å². The van der Waals surface area contributed by atoms with Crippen molar-refractivity contribution < 1.29 is 14.6 Å². The van der Waals surface area contributed by atoms with Gasteiger partial charge >= 0.3 is 5.97 Å². The zero-order valence-corrected chi connectivity index (χ0v) is 15.4. The monoisotopic (exact) mass is 368 g/mol. The highest BCUT2D eigenvalue weighted by atomic mass is 16.5. The van der Waals surface area contributed by atoms with Gasteiger partial charge in [0.05, 0.1) is 11.9 Å². The maximum Gasteiger partial charge on any atom is 0.341 e. The Morgan fingerprint density at radius 3 is 2.67 bits per heavy atom. The summed E-state index contributed by atoms with van der Waals surface area (Å²) in [4.78, 5) is 24.3. The summed E-state index contributed by atoms with van der Waals surface area (Å²) in [6.07, 6.45) is 5.05. The molecule has 7 nitrogen and oxygen atoms in total. The Bertz CT molecular complexity index is 800. The molecule has 0 aliphatic carbocycles. The summed E-state index contributed by atoms with van der Waals surface area (Å²) in [5, 5.41) is 8.96. The van der Waals surface area contributed by atoms with E-state index in [4.69, 9.17) is 9.84 Å². The molecule has 2 atom stereocenters. The van der Waals surface area contributed by atoms with E-state index in [1.54, 1.807) is 18.6 Å². The second-order valence-corrected chi connectivity index (χ2v) is 7.53. The normalized spacial score (nSPS) is 22.7. The number of likely N-dealkylation sites (tertiary alicyclic amines) is 2. The van der Waals surface area contributed by atoms with Crippen molar-refractivity contribution >= 4 is 5.97 Å². The minimum absolute atomic E-state index is 0.340. The molecule has 27 heavy (non-hydrogen) atoms. The van der Waals surface area contributed by atoms with Crippen LogP contribution in [0.2, 0.25) is 0 Å². The molecule has 3 heterocycles. The first kappa shape index (κ1) is 17.9. The molecule has 0 spiro atoms. The van der Waals surface area contributed by atoms with Crippen LogP contribution in [0.1, 0.15) is 5.56 Å². The van der Waals surface area contributed by atoms with Gasteiger partial charge in [-0.1, -0.05) is 0 Å². The van der Waals surface area contributed by atoms with Crippen molar-refractivity contribution in [2.75, 3.05) is 39.8 Å². The molecule has 2 aliphatic rings. The van der Waals surface area contributed by atoms with E-state index < -0.39 is 5.97 Å². The number of fused-ring (bicyclic) bond motifs is 1. The highest BCUT2D eigenvalue weighted by Gasteiger charge is 2.38. The third kappa shape index (κ3) is 4.09. The molecule has 1 aromatic carbocycles. The standard InChI is InChI=1S/C20H24N4O3/c1-23-8-16-11-24(12-17(16)9-23)10-15-6-14(18-7-21-4-5-22-18)2-3-19(15)27-13-20(25)26/h2-7,16-17H,8-13H2,1H3,(H,25,26)/t16-,17+. The van der Waals surface area contributed by atoms with E-state index >= 15 is 0 Å². The van der Waals surface area contributed by atoms with Gasteiger partial charge in [0.1, 0.15) is 5.75 Å². The number of carboxylic acids is 1. The lowest BCUT2D eigenvalue weighted by atomic mass is 10.0. The van der Waals surface area contributed by atoms with E-state index in [1.165, 1.54) is 0 Å². The third-order valence-corrected chi connectivity index (χ3v) is 5.41. The first-order valence-electron chi connectivity index (χ1n) is 9.23. The van der Waals surface area contributed by atoms with E-state index in [0.29, 0.717) is 5.75 Å². The third-order valence-electron chi connectivity index (χ3n) is 5.41. The van der Waals surface area contributed by atoms with Crippen LogP contribution in [-0.2, 0) is 11.3 Å². The number of hydrogen-bond donors (Lipinski definition) is 1. The van der Waals surface area contributed by atoms with Crippen LogP contribution < -0.4 is 4.74 Å². The van der Waals surface area contributed by atoms with Crippen LogP contribution in [-0.4, -0.2) is 70.7 Å². The highest BCUT2D eigenvalue weighted by Crippen LogP contribution is 2.33. The van der Waals surface area contributed by atoms with E-state index in [-0.39, 0.29) is 6.61 Å². The lowest BCUT2D eigenvalue weighted by Crippen LogP contribution is -2.26. The Labute approximate surface area is 158 Å². The molecule has 1 aromatic heterocycles. The van der Waals surface area contributed by atoms with Crippen molar-refractivity contribution in [3.05, 3.63) is 42.4 Å². The van der Waals surface area contributed by atoms with Gasteiger partial charge in [0.2, 0.25) is 0 Å². The molecule has 0 radical (unpaired) electrons. The lowest BCUT2D eigenvalue weighted by Gasteiger charge is -2.21. The Balaban J connectivity index is 1.55. The van der Waals surface area contributed by atoms with Gasteiger partial charge in [-0.2, -0.15) is 0 Å². The number of carboxylic acid groups (broad SMARTS) is 1. The summed E-state index contributed by atoms with van der Waals surface area (Å²) in [5.74, 6) is 1.10. The zero-order valence-electron chi connectivity index (χ0n) is 15.4. The van der Waals surface area contributed by atoms with Crippen LogP contribution in [0.3, 0.4) is 0 Å². The van der Waals surface area contributed by atoms with Crippen LogP contribution in [0.15, 0.2) is 36.8 Å². The largest absolute Gasteiger partial charge is 0.482 e. The van der Waals surface area contributed by atoms with Gasteiger partial charge in [0, 0.05) is 56.2 Å². The fraction of sp³-hybridized carbons (Fsp3) is 0.450. The molecule has 0 unspecified atom stereocenters. The number of aromatic nitrogens is 2. The Morgan fingerprint density at radius 1 is 1.22 bits per heavy atom. The molecule has 4 rings (SSSR count). The molecule has 7 heteroatoms. The molecular formula is C20H24N4O3. The molecule has 0 amide bonds. The van der Waals surface area contributed by atoms with Crippen LogP contribution in [0.25, 0.3) is 11.3 Å². The van der Waals surface area contributed by atoms with Crippen molar-refractivity contribution in [3.63, 3.8) is 0 Å². The Morgan fingerprint density at radius 2 is 2.00 bits per heavy atom. The van der Waals surface area contributed by atoms with Crippen molar-refractivity contribution in [2.45, 2.75) is 6.54 Å². The number of benzene rings is 1. The number of ether oxygens (including phenoxy) is 1. The second kappa shape index (κ2) is 7.62. The van der Waals surface area contributed by atoms with Gasteiger partial charge in [-0.15, -0.1) is 0 Å². The summed E-state index contributed by atoms with van der Waals surface area (Å²) in [7, 11) is 2.19. The second-order valence-electron chi connectivity index (χ2n) is 7.53. The van der Waals surface area contributed by atoms with Crippen molar-refractivity contribution in [1.82, 2.24) is 19.8 Å². The minimum atomic E-state index is -0.974. The van der Waals surface area contributed by atoms with Crippen LogP contribution in [0.4, 0.5) is 0 Å². The minimum Gasteiger partial charge on any atom is -0.482 e. The van der Waals surface area contributed by atoms with E-state index in [2.05, 4.69) is 26.8 Å². The molecule has 2 fully saturated rings. The van der Waals surface area contributed by atoms with Crippen LogP contribution in [0.5, 0.6) is 5.75 Å². The molecule has 2 aliphatic heterocycles. The van der Waals surface area contributed by atoms with Crippen molar-refractivity contribution in [2.24, 2.45) is 11.8 Å². The molecular weight excluding hydrogens is 344 g/mol. The average Bonchev–Trinajstić information content (AvgIpc) is 3.17.